The summed E-state index contributed by atoms with van der Waals surface area (Å²) in [7, 11) is 0. The van der Waals surface area contributed by atoms with Crippen LogP contribution in [0, 0.1) is 0 Å². The fourth-order valence-electron chi connectivity index (χ4n) is 4.51. The molecule has 6 nitrogen and oxygen atoms in total. The molecule has 2 aliphatic rings. The maximum Gasteiger partial charge on any atom is 0.236 e. The van der Waals surface area contributed by atoms with Gasteiger partial charge in [-0.25, -0.2) is 0 Å². The first-order chi connectivity index (χ1) is 15.6. The molecule has 0 unspecified atom stereocenters. The molecule has 4 rings (SSSR count). The van der Waals surface area contributed by atoms with Gasteiger partial charge >= 0.3 is 0 Å². The number of rotatable bonds is 7. The number of amides is 1. The van der Waals surface area contributed by atoms with Gasteiger partial charge in [0.05, 0.1) is 6.54 Å². The first-order valence-corrected chi connectivity index (χ1v) is 12.0. The monoisotopic (exact) mass is 491 g/mol. The summed E-state index contributed by atoms with van der Waals surface area (Å²) in [4.78, 5) is 22.0. The highest BCUT2D eigenvalue weighted by Crippen LogP contribution is 2.21. The van der Waals surface area contributed by atoms with E-state index in [0.29, 0.717) is 6.54 Å². The summed E-state index contributed by atoms with van der Waals surface area (Å²) in [5, 5.41) is 0.751. The predicted molar refractivity (Wildman–Crippen MR) is 138 cm³/mol. The summed E-state index contributed by atoms with van der Waals surface area (Å²) in [6.07, 6.45) is 1.09. The largest absolute Gasteiger partial charge is 0.399 e. The molecule has 0 bridgehead atoms. The highest BCUT2D eigenvalue weighted by molar-refractivity contribution is 6.31. The van der Waals surface area contributed by atoms with Crippen molar-refractivity contribution in [1.29, 1.82) is 0 Å². The van der Waals surface area contributed by atoms with E-state index in [9.17, 15) is 4.79 Å². The van der Waals surface area contributed by atoms with Crippen LogP contribution in [0.25, 0.3) is 0 Å². The molecule has 0 atom stereocenters. The van der Waals surface area contributed by atoms with Gasteiger partial charge in [0.25, 0.3) is 0 Å². The van der Waals surface area contributed by atoms with Crippen molar-refractivity contribution in [3.8, 4) is 0 Å². The van der Waals surface area contributed by atoms with Crippen LogP contribution in [0.1, 0.15) is 11.1 Å². The Morgan fingerprint density at radius 1 is 0.848 bits per heavy atom. The minimum absolute atomic E-state index is 0. The quantitative estimate of drug-likeness (QED) is 0.603. The molecular formula is C25H35Cl2N5O. The van der Waals surface area contributed by atoms with Crippen LogP contribution < -0.4 is 5.73 Å². The van der Waals surface area contributed by atoms with Crippen LogP contribution in [-0.2, 0) is 17.8 Å². The third-order valence-corrected chi connectivity index (χ3v) is 6.94. The number of anilines is 1. The Labute approximate surface area is 208 Å². The average molecular weight is 492 g/mol. The zero-order valence-electron chi connectivity index (χ0n) is 19.2. The Kier molecular flexibility index (Phi) is 9.83. The summed E-state index contributed by atoms with van der Waals surface area (Å²) >= 11 is 6.31. The van der Waals surface area contributed by atoms with Crippen molar-refractivity contribution in [2.24, 2.45) is 0 Å². The number of hydrogen-bond donors (Lipinski definition) is 1. The molecule has 180 valence electrons. The van der Waals surface area contributed by atoms with E-state index in [1.807, 2.05) is 23.1 Å². The number of piperazine rings is 2. The van der Waals surface area contributed by atoms with Crippen molar-refractivity contribution in [3.63, 3.8) is 0 Å². The van der Waals surface area contributed by atoms with Gasteiger partial charge in [-0.2, -0.15) is 0 Å². The van der Waals surface area contributed by atoms with Crippen LogP contribution >= 0.6 is 24.0 Å². The van der Waals surface area contributed by atoms with Crippen LogP contribution in [0.3, 0.4) is 0 Å². The number of hydrogen-bond acceptors (Lipinski definition) is 5. The minimum atomic E-state index is 0. The normalized spacial score (nSPS) is 18.2. The first kappa shape index (κ1) is 25.8. The summed E-state index contributed by atoms with van der Waals surface area (Å²) in [6, 6.07) is 16.3. The summed E-state index contributed by atoms with van der Waals surface area (Å²) < 4.78 is 0. The molecule has 8 heteroatoms. The molecule has 0 spiro atoms. The van der Waals surface area contributed by atoms with Gasteiger partial charge in [0, 0.05) is 76.2 Å². The Morgan fingerprint density at radius 2 is 1.48 bits per heavy atom. The van der Waals surface area contributed by atoms with Gasteiger partial charge in [0.2, 0.25) is 5.91 Å². The highest BCUT2D eigenvalue weighted by Gasteiger charge is 2.25. The van der Waals surface area contributed by atoms with Crippen LogP contribution in [0.15, 0.2) is 48.5 Å². The molecule has 2 saturated heterocycles. The Hall–Kier alpha value is -1.83. The molecule has 2 fully saturated rings. The fraction of sp³-hybridized carbons (Fsp3) is 0.480. The lowest BCUT2D eigenvalue weighted by Crippen LogP contribution is -2.53. The van der Waals surface area contributed by atoms with Gasteiger partial charge in [-0.15, -0.1) is 12.4 Å². The number of carbonyl (C=O) groups is 1. The zero-order chi connectivity index (χ0) is 22.3. The molecule has 2 N–H and O–H groups in total. The molecule has 0 radical (unpaired) electrons. The molecule has 1 amide bonds. The smallest absolute Gasteiger partial charge is 0.236 e. The van der Waals surface area contributed by atoms with E-state index in [2.05, 4.69) is 45.0 Å². The second-order valence-electron chi connectivity index (χ2n) is 8.86. The number of halogens is 2. The predicted octanol–water partition coefficient (Wildman–Crippen LogP) is 2.85. The number of nitrogens with zero attached hydrogens (tertiary/aromatic N) is 4. The average Bonchev–Trinajstić information content (AvgIpc) is 2.82. The number of nitrogen functional groups attached to an aromatic ring is 1. The van der Waals surface area contributed by atoms with Gasteiger partial charge in [0.1, 0.15) is 0 Å². The molecule has 2 aromatic carbocycles. The molecule has 2 aromatic rings. The van der Waals surface area contributed by atoms with Crippen LogP contribution in [-0.4, -0.2) is 91.0 Å². The summed E-state index contributed by atoms with van der Waals surface area (Å²) in [5.41, 5.74) is 9.08. The van der Waals surface area contributed by atoms with Crippen molar-refractivity contribution < 1.29 is 4.79 Å². The second kappa shape index (κ2) is 12.6. The third-order valence-electron chi connectivity index (χ3n) is 6.57. The lowest BCUT2D eigenvalue weighted by molar-refractivity contribution is -0.134. The maximum atomic E-state index is 12.8. The van der Waals surface area contributed by atoms with E-state index >= 15 is 0 Å². The fourth-order valence-corrected chi connectivity index (χ4v) is 4.68. The standard InChI is InChI=1S/C25H34ClN5O.ClH/c26-24-7-6-23(27)18-22(24)19-29-14-16-31(17-15-29)25(32)20-30-12-10-28(11-13-30)9-8-21-4-2-1-3-5-21;/h1-7,18H,8-17,19-20,27H2;1H. The lowest BCUT2D eigenvalue weighted by atomic mass is 10.1. The zero-order valence-corrected chi connectivity index (χ0v) is 20.7. The second-order valence-corrected chi connectivity index (χ2v) is 9.27. The number of benzene rings is 2. The SMILES string of the molecule is Cl.Nc1ccc(Cl)c(CN2CCN(C(=O)CN3CCN(CCc4ccccc4)CC3)CC2)c1. The molecule has 2 aliphatic heterocycles. The third kappa shape index (κ3) is 7.59. The van der Waals surface area contributed by atoms with E-state index in [4.69, 9.17) is 17.3 Å². The topological polar surface area (TPSA) is 56.1 Å². The first-order valence-electron chi connectivity index (χ1n) is 11.6. The van der Waals surface area contributed by atoms with Gasteiger partial charge in [-0.1, -0.05) is 41.9 Å². The minimum Gasteiger partial charge on any atom is -0.399 e. The highest BCUT2D eigenvalue weighted by atomic mass is 35.5. The van der Waals surface area contributed by atoms with E-state index in [1.54, 1.807) is 0 Å². The molecule has 0 saturated carbocycles. The Bertz CT molecular complexity index is 882. The van der Waals surface area contributed by atoms with Crippen molar-refractivity contribution in [3.05, 3.63) is 64.7 Å². The van der Waals surface area contributed by atoms with E-state index in [0.717, 1.165) is 88.1 Å². The Morgan fingerprint density at radius 3 is 2.18 bits per heavy atom. The van der Waals surface area contributed by atoms with E-state index < -0.39 is 0 Å². The van der Waals surface area contributed by atoms with Crippen molar-refractivity contribution in [1.82, 2.24) is 19.6 Å². The van der Waals surface area contributed by atoms with Crippen LogP contribution in [0.5, 0.6) is 0 Å². The van der Waals surface area contributed by atoms with Crippen molar-refractivity contribution in [2.45, 2.75) is 13.0 Å². The van der Waals surface area contributed by atoms with Gasteiger partial charge in [0.15, 0.2) is 0 Å². The van der Waals surface area contributed by atoms with Crippen LogP contribution in [0.4, 0.5) is 5.69 Å². The van der Waals surface area contributed by atoms with Gasteiger partial charge in [-0.05, 0) is 35.7 Å². The molecule has 0 aromatic heterocycles. The van der Waals surface area contributed by atoms with Crippen molar-refractivity contribution in [2.75, 3.05) is 71.2 Å². The number of carbonyl (C=O) groups excluding carboxylic acids is 1. The lowest BCUT2D eigenvalue weighted by Gasteiger charge is -2.38. The van der Waals surface area contributed by atoms with Gasteiger partial charge in [-0.3, -0.25) is 14.6 Å². The van der Waals surface area contributed by atoms with E-state index in [-0.39, 0.29) is 18.3 Å². The van der Waals surface area contributed by atoms with Crippen molar-refractivity contribution >= 4 is 35.6 Å². The van der Waals surface area contributed by atoms with Crippen LogP contribution in [0.2, 0.25) is 5.02 Å². The summed E-state index contributed by atoms with van der Waals surface area (Å²) in [5.74, 6) is 0.254. The molecule has 2 heterocycles. The Balaban J connectivity index is 0.00000306. The van der Waals surface area contributed by atoms with E-state index in [1.165, 1.54) is 5.56 Å². The molecule has 33 heavy (non-hydrogen) atoms. The van der Waals surface area contributed by atoms with Gasteiger partial charge < -0.3 is 15.5 Å². The summed E-state index contributed by atoms with van der Waals surface area (Å²) in [6.45, 7) is 9.68. The molecule has 0 aliphatic carbocycles. The number of nitrogens with two attached hydrogens (primary N) is 1. The molecular weight excluding hydrogens is 457 g/mol. The maximum absolute atomic E-state index is 12.8.